The molecule has 0 bridgehead atoms. The fraction of sp³-hybridized carbons (Fsp3) is 0.660. The first-order chi connectivity index (χ1) is 29.4. The first kappa shape index (κ1) is 46.7. The van der Waals surface area contributed by atoms with Crippen molar-refractivity contribution >= 4 is 57.2 Å². The van der Waals surface area contributed by atoms with Gasteiger partial charge < -0.3 is 25.0 Å². The Kier molecular flexibility index (Phi) is 12.8. The average Bonchev–Trinajstić information content (AvgIpc) is 3.94. The van der Waals surface area contributed by atoms with Gasteiger partial charge in [-0.1, -0.05) is 65.2 Å². The number of imidazole rings is 1. The molecule has 3 aromatic rings. The number of amides is 4. The standard InChI is InChI=1S/C47H67N7O7S2/c1-26(2)31-23-47(31,41(57)52-63(59)46(12)21-22-46)51-38(55)36-28(5)34(24-53(36)40(56)37(44(6,7)8)50-43(58)61-45(9,10)11)60-42-49-35-30(19-16-20-33(35)54(42)27(3)4)39-48-32(25-62-39)29-17-14-13-15-18-29/h16,19-20,25,27-29,31,34,36-37H,1,13-15,17-18,21-24H2,2-12H3,(H,50,58)(H,51,55)(H,52,57). The van der Waals surface area contributed by atoms with E-state index >= 15 is 0 Å². The van der Waals surface area contributed by atoms with Crippen LogP contribution in [0.2, 0.25) is 0 Å². The van der Waals surface area contributed by atoms with E-state index in [2.05, 4.69) is 41.2 Å². The maximum absolute atomic E-state index is 15.0. The topological polar surface area (TPSA) is 174 Å². The number of fused-ring (bicyclic) bond motifs is 1. The second-order valence-electron chi connectivity index (χ2n) is 21.1. The zero-order valence-corrected chi connectivity index (χ0v) is 40.5. The Morgan fingerprint density at radius 3 is 2.30 bits per heavy atom. The highest BCUT2D eigenvalue weighted by atomic mass is 32.2. The van der Waals surface area contributed by atoms with Crippen molar-refractivity contribution < 1.29 is 32.9 Å². The normalized spacial score (nSPS) is 25.6. The second-order valence-corrected chi connectivity index (χ2v) is 23.6. The molecule has 1 saturated heterocycles. The summed E-state index contributed by atoms with van der Waals surface area (Å²) in [6.45, 7) is 24.4. The lowest BCUT2D eigenvalue weighted by Gasteiger charge is -2.36. The number of para-hydroxylation sites is 1. The number of likely N-dealkylation sites (tertiary alicyclic amines) is 1. The van der Waals surface area contributed by atoms with Gasteiger partial charge in [0.05, 0.1) is 22.5 Å². The largest absolute Gasteiger partial charge is 0.459 e. The van der Waals surface area contributed by atoms with E-state index in [9.17, 15) is 23.4 Å². The van der Waals surface area contributed by atoms with Crippen molar-refractivity contribution in [3.05, 3.63) is 41.4 Å². The third kappa shape index (κ3) is 9.58. The Labute approximate surface area is 378 Å². The number of hydrogen-bond acceptors (Lipinski definition) is 10. The number of nitrogens with zero attached hydrogens (tertiary/aromatic N) is 4. The van der Waals surface area contributed by atoms with E-state index in [0.29, 0.717) is 17.5 Å². The lowest BCUT2D eigenvalue weighted by Crippen LogP contribution is -2.61. The van der Waals surface area contributed by atoms with Crippen molar-refractivity contribution in [2.75, 3.05) is 6.54 Å². The Hall–Kier alpha value is -4.31. The highest BCUT2D eigenvalue weighted by molar-refractivity contribution is 7.85. The molecule has 4 fully saturated rings. The summed E-state index contributed by atoms with van der Waals surface area (Å²) < 4.78 is 29.9. The molecule has 7 unspecified atom stereocenters. The fourth-order valence-electron chi connectivity index (χ4n) is 9.19. The predicted octanol–water partition coefficient (Wildman–Crippen LogP) is 8.11. The van der Waals surface area contributed by atoms with Crippen LogP contribution in [0.5, 0.6) is 6.01 Å². The summed E-state index contributed by atoms with van der Waals surface area (Å²) in [5, 5.41) is 8.92. The van der Waals surface area contributed by atoms with Gasteiger partial charge in [0.25, 0.3) is 11.9 Å². The molecule has 0 spiro atoms. The van der Waals surface area contributed by atoms with E-state index in [1.54, 1.807) is 39.0 Å². The number of thiazole rings is 1. The van der Waals surface area contributed by atoms with Gasteiger partial charge in [-0.3, -0.25) is 23.7 Å². The van der Waals surface area contributed by atoms with E-state index in [4.69, 9.17) is 19.4 Å². The zero-order chi connectivity index (χ0) is 46.0. The molecule has 3 saturated carbocycles. The van der Waals surface area contributed by atoms with Crippen LogP contribution in [-0.2, 0) is 30.1 Å². The van der Waals surface area contributed by atoms with E-state index in [1.165, 1.54) is 24.2 Å². The Balaban J connectivity index is 1.23. The monoisotopic (exact) mass is 905 g/mol. The molecule has 7 atom stereocenters. The number of nitrogens with one attached hydrogen (secondary N) is 3. The highest BCUT2D eigenvalue weighted by Crippen LogP contribution is 2.49. The van der Waals surface area contributed by atoms with Gasteiger partial charge in [-0.25, -0.2) is 14.0 Å². The molecule has 16 heteroatoms. The summed E-state index contributed by atoms with van der Waals surface area (Å²) in [4.78, 5) is 68.9. The third-order valence-corrected chi connectivity index (χ3v) is 15.8. The molecule has 63 heavy (non-hydrogen) atoms. The van der Waals surface area contributed by atoms with Gasteiger partial charge in [-0.05, 0) is 98.1 Å². The predicted molar refractivity (Wildman–Crippen MR) is 246 cm³/mol. The summed E-state index contributed by atoms with van der Waals surface area (Å²) in [7, 11) is -1.64. The molecular weight excluding hydrogens is 839 g/mol. The van der Waals surface area contributed by atoms with Crippen LogP contribution >= 0.6 is 11.3 Å². The minimum atomic E-state index is -1.64. The molecule has 1 aliphatic heterocycles. The molecule has 14 nitrogen and oxygen atoms in total. The number of carbonyl (C=O) groups is 4. The lowest BCUT2D eigenvalue weighted by molar-refractivity contribution is -0.143. The summed E-state index contributed by atoms with van der Waals surface area (Å²) in [6, 6.07) is 4.12. The number of aromatic nitrogens is 3. The Bertz CT molecular complexity index is 2300. The van der Waals surface area contributed by atoms with Gasteiger partial charge in [0.2, 0.25) is 11.8 Å². The van der Waals surface area contributed by atoms with Crippen molar-refractivity contribution in [2.45, 2.75) is 174 Å². The maximum atomic E-state index is 15.0. The summed E-state index contributed by atoms with van der Waals surface area (Å²) >= 11 is 1.63. The van der Waals surface area contributed by atoms with Crippen LogP contribution in [0.15, 0.2) is 35.7 Å². The van der Waals surface area contributed by atoms with E-state index in [0.717, 1.165) is 53.0 Å². The molecule has 1 aromatic carbocycles. The van der Waals surface area contributed by atoms with Crippen LogP contribution in [0.25, 0.3) is 21.6 Å². The highest BCUT2D eigenvalue weighted by Gasteiger charge is 2.64. The molecule has 4 aliphatic rings. The van der Waals surface area contributed by atoms with Gasteiger partial charge in [0.15, 0.2) is 0 Å². The molecular formula is C47H67N7O7S2. The summed E-state index contributed by atoms with van der Waals surface area (Å²) in [5.74, 6) is -2.15. The van der Waals surface area contributed by atoms with Crippen molar-refractivity contribution in [1.82, 2.24) is 34.8 Å². The van der Waals surface area contributed by atoms with E-state index in [-0.39, 0.29) is 19.0 Å². The van der Waals surface area contributed by atoms with Crippen LogP contribution in [-0.4, -0.2) is 88.1 Å². The molecule has 7 rings (SSSR count). The fourth-order valence-corrected chi connectivity index (χ4v) is 11.2. The minimum absolute atomic E-state index is 0.0163. The van der Waals surface area contributed by atoms with Crippen LogP contribution in [0.3, 0.4) is 0 Å². The lowest BCUT2D eigenvalue weighted by atomic mass is 9.85. The number of alkyl carbamates (subject to hydrolysis) is 1. The molecule has 3 heterocycles. The number of ether oxygens (including phenoxy) is 2. The third-order valence-electron chi connectivity index (χ3n) is 13.3. The number of carbonyl (C=O) groups excluding carboxylic acids is 4. The number of rotatable bonds is 13. The minimum Gasteiger partial charge on any atom is -0.459 e. The SMILES string of the molecule is C=C(C)C1CC1(NC(=O)C1C(C)C(Oc2nc3c(-c4nc(C5CCCCC5)cs4)cccc3n2C(C)C)CN1C(=O)C(NC(=O)OC(C)(C)C)C(C)(C)C)C(=O)NS(=O)C1(C)CC1. The van der Waals surface area contributed by atoms with Crippen LogP contribution in [0.4, 0.5) is 4.79 Å². The van der Waals surface area contributed by atoms with Crippen molar-refractivity contribution in [2.24, 2.45) is 17.3 Å². The van der Waals surface area contributed by atoms with Gasteiger partial charge in [0.1, 0.15) is 50.8 Å². The quantitative estimate of drug-likeness (QED) is 0.143. The average molecular weight is 906 g/mol. The van der Waals surface area contributed by atoms with Gasteiger partial charge in [-0.15, -0.1) is 11.3 Å². The van der Waals surface area contributed by atoms with Crippen molar-refractivity contribution in [3.8, 4) is 16.6 Å². The summed E-state index contributed by atoms with van der Waals surface area (Å²) in [5.41, 5.74) is 1.35. The molecule has 0 radical (unpaired) electrons. The molecule has 344 valence electrons. The smallest absolute Gasteiger partial charge is 0.408 e. The van der Waals surface area contributed by atoms with Crippen molar-refractivity contribution in [1.29, 1.82) is 0 Å². The number of hydrogen-bond donors (Lipinski definition) is 3. The van der Waals surface area contributed by atoms with Crippen molar-refractivity contribution in [3.63, 3.8) is 0 Å². The Morgan fingerprint density at radius 2 is 1.71 bits per heavy atom. The maximum Gasteiger partial charge on any atom is 0.408 e. The van der Waals surface area contributed by atoms with Gasteiger partial charge >= 0.3 is 6.09 Å². The first-order valence-corrected chi connectivity index (χ1v) is 24.6. The van der Waals surface area contributed by atoms with Crippen LogP contribution < -0.4 is 20.1 Å². The summed E-state index contributed by atoms with van der Waals surface area (Å²) in [6.07, 6.45) is 6.26. The van der Waals surface area contributed by atoms with E-state index in [1.807, 2.05) is 57.4 Å². The zero-order valence-electron chi connectivity index (χ0n) is 38.9. The molecule has 3 aliphatic carbocycles. The second kappa shape index (κ2) is 17.2. The Morgan fingerprint density at radius 1 is 1.03 bits per heavy atom. The first-order valence-electron chi connectivity index (χ1n) is 22.6. The molecule has 3 N–H and O–H groups in total. The molecule has 4 amide bonds. The van der Waals surface area contributed by atoms with Gasteiger partial charge in [-0.2, -0.15) is 4.98 Å². The number of benzene rings is 1. The van der Waals surface area contributed by atoms with E-state index < -0.39 is 86.1 Å². The van der Waals surface area contributed by atoms with Crippen LogP contribution in [0, 0.1) is 17.3 Å². The molecule has 2 aromatic heterocycles. The van der Waals surface area contributed by atoms with Gasteiger partial charge in [0, 0.05) is 34.7 Å². The van der Waals surface area contributed by atoms with Crippen LogP contribution in [0.1, 0.15) is 145 Å².